The van der Waals surface area contributed by atoms with Gasteiger partial charge in [0.1, 0.15) is 5.60 Å². The highest BCUT2D eigenvalue weighted by Crippen LogP contribution is 2.33. The summed E-state index contributed by atoms with van der Waals surface area (Å²) in [5, 5.41) is 0. The van der Waals surface area contributed by atoms with Gasteiger partial charge in [-0.1, -0.05) is 0 Å². The van der Waals surface area contributed by atoms with E-state index in [9.17, 15) is 0 Å². The number of rotatable bonds is 0. The van der Waals surface area contributed by atoms with Crippen LogP contribution in [0.15, 0.2) is 0 Å². The molecule has 2 saturated heterocycles. The van der Waals surface area contributed by atoms with E-state index in [1.165, 1.54) is 12.8 Å². The van der Waals surface area contributed by atoms with E-state index in [2.05, 4.69) is 24.4 Å². The minimum Gasteiger partial charge on any atom is -0.301 e. The van der Waals surface area contributed by atoms with E-state index in [0.29, 0.717) is 6.04 Å². The van der Waals surface area contributed by atoms with Crippen molar-refractivity contribution >= 4 is 0 Å². The molecule has 2 heterocycles. The fourth-order valence-corrected chi connectivity index (χ4v) is 2.16. The predicted octanol–water partition coefficient (Wildman–Crippen LogP) is 0.374. The maximum atomic E-state index is 5.55. The molecule has 1 spiro atoms. The monoisotopic (exact) mass is 156 g/mol. The van der Waals surface area contributed by atoms with E-state index >= 15 is 0 Å². The SMILES string of the molecule is CC1CC2(CCNO2)CN1C. The molecule has 2 aliphatic heterocycles. The third kappa shape index (κ3) is 1.17. The Morgan fingerprint density at radius 3 is 2.91 bits per heavy atom. The molecule has 0 amide bonds. The lowest BCUT2D eigenvalue weighted by molar-refractivity contribution is -0.0438. The first-order valence-electron chi connectivity index (χ1n) is 4.33. The van der Waals surface area contributed by atoms with Gasteiger partial charge in [0.15, 0.2) is 0 Å². The molecule has 2 rings (SSSR count). The van der Waals surface area contributed by atoms with E-state index in [4.69, 9.17) is 4.84 Å². The second-order valence-corrected chi connectivity index (χ2v) is 3.90. The van der Waals surface area contributed by atoms with Gasteiger partial charge < -0.3 is 4.90 Å². The van der Waals surface area contributed by atoms with E-state index in [1.54, 1.807) is 0 Å². The van der Waals surface area contributed by atoms with Crippen molar-refractivity contribution in [2.24, 2.45) is 0 Å². The summed E-state index contributed by atoms with van der Waals surface area (Å²) in [6, 6.07) is 0.676. The van der Waals surface area contributed by atoms with E-state index in [0.717, 1.165) is 13.1 Å². The number of hydroxylamine groups is 1. The molecule has 0 radical (unpaired) electrons. The number of hydrogen-bond acceptors (Lipinski definition) is 3. The molecule has 11 heavy (non-hydrogen) atoms. The Balaban J connectivity index is 2.06. The summed E-state index contributed by atoms with van der Waals surface area (Å²) in [7, 11) is 2.17. The van der Waals surface area contributed by atoms with Crippen molar-refractivity contribution in [1.29, 1.82) is 0 Å². The van der Waals surface area contributed by atoms with Crippen LogP contribution in [0.5, 0.6) is 0 Å². The second-order valence-electron chi connectivity index (χ2n) is 3.90. The van der Waals surface area contributed by atoms with Crippen LogP contribution < -0.4 is 5.48 Å². The van der Waals surface area contributed by atoms with Crippen LogP contribution in [0.2, 0.25) is 0 Å². The highest BCUT2D eigenvalue weighted by molar-refractivity contribution is 4.96. The van der Waals surface area contributed by atoms with Gasteiger partial charge in [-0.05, 0) is 26.8 Å². The Morgan fingerprint density at radius 1 is 1.64 bits per heavy atom. The molecule has 2 atom stereocenters. The molecular weight excluding hydrogens is 140 g/mol. The molecule has 0 aliphatic carbocycles. The first-order chi connectivity index (χ1) is 5.22. The molecule has 2 aliphatic rings. The van der Waals surface area contributed by atoms with Crippen molar-refractivity contribution in [2.45, 2.75) is 31.4 Å². The van der Waals surface area contributed by atoms with Gasteiger partial charge in [-0.2, -0.15) is 0 Å². The minimum absolute atomic E-state index is 0.147. The third-order valence-electron chi connectivity index (χ3n) is 2.93. The van der Waals surface area contributed by atoms with Crippen LogP contribution in [0.3, 0.4) is 0 Å². The van der Waals surface area contributed by atoms with Crippen LogP contribution in [0.4, 0.5) is 0 Å². The molecule has 64 valence electrons. The van der Waals surface area contributed by atoms with Gasteiger partial charge in [0.05, 0.1) is 0 Å². The molecular formula is C8H16N2O. The molecule has 3 nitrogen and oxygen atoms in total. The van der Waals surface area contributed by atoms with E-state index in [-0.39, 0.29) is 5.60 Å². The van der Waals surface area contributed by atoms with Crippen LogP contribution in [-0.4, -0.2) is 36.7 Å². The van der Waals surface area contributed by atoms with Crippen LogP contribution in [-0.2, 0) is 4.84 Å². The summed E-state index contributed by atoms with van der Waals surface area (Å²) in [4.78, 5) is 7.92. The highest BCUT2D eigenvalue weighted by Gasteiger charge is 2.44. The summed E-state index contributed by atoms with van der Waals surface area (Å²) in [6.45, 7) is 4.36. The number of nitrogens with zero attached hydrogens (tertiary/aromatic N) is 1. The van der Waals surface area contributed by atoms with E-state index < -0.39 is 0 Å². The van der Waals surface area contributed by atoms with Gasteiger partial charge in [-0.15, -0.1) is 0 Å². The summed E-state index contributed by atoms with van der Waals surface area (Å²) >= 11 is 0. The highest BCUT2D eigenvalue weighted by atomic mass is 16.7. The quantitative estimate of drug-likeness (QED) is 0.548. The van der Waals surface area contributed by atoms with Gasteiger partial charge in [-0.25, -0.2) is 5.48 Å². The molecule has 2 unspecified atom stereocenters. The van der Waals surface area contributed by atoms with Crippen molar-refractivity contribution in [1.82, 2.24) is 10.4 Å². The Morgan fingerprint density at radius 2 is 2.45 bits per heavy atom. The maximum absolute atomic E-state index is 5.55. The molecule has 0 bridgehead atoms. The molecule has 0 aromatic carbocycles. The topological polar surface area (TPSA) is 24.5 Å². The fourth-order valence-electron chi connectivity index (χ4n) is 2.16. The van der Waals surface area contributed by atoms with Crippen molar-refractivity contribution in [3.05, 3.63) is 0 Å². The number of likely N-dealkylation sites (N-methyl/N-ethyl adjacent to an activating group) is 1. The lowest BCUT2D eigenvalue weighted by atomic mass is 9.98. The van der Waals surface area contributed by atoms with E-state index in [1.807, 2.05) is 0 Å². The largest absolute Gasteiger partial charge is 0.301 e. The fraction of sp³-hybridized carbons (Fsp3) is 1.00. The third-order valence-corrected chi connectivity index (χ3v) is 2.93. The van der Waals surface area contributed by atoms with Gasteiger partial charge >= 0.3 is 0 Å². The Bertz CT molecular complexity index is 142. The summed E-state index contributed by atoms with van der Waals surface area (Å²) in [5.41, 5.74) is 3.12. The second kappa shape index (κ2) is 2.44. The zero-order valence-electron chi connectivity index (χ0n) is 7.26. The molecule has 1 N–H and O–H groups in total. The Hall–Kier alpha value is -0.120. The zero-order chi connectivity index (χ0) is 7.90. The van der Waals surface area contributed by atoms with Crippen LogP contribution in [0, 0.1) is 0 Å². The maximum Gasteiger partial charge on any atom is 0.105 e. The summed E-state index contributed by atoms with van der Waals surface area (Å²) < 4.78 is 0. The molecule has 3 heteroatoms. The molecule has 0 saturated carbocycles. The molecule has 2 fully saturated rings. The van der Waals surface area contributed by atoms with Crippen LogP contribution in [0.1, 0.15) is 19.8 Å². The van der Waals surface area contributed by atoms with Gasteiger partial charge in [0.25, 0.3) is 0 Å². The lowest BCUT2D eigenvalue weighted by Crippen LogP contribution is -2.32. The molecule has 0 aromatic rings. The smallest absolute Gasteiger partial charge is 0.105 e. The van der Waals surface area contributed by atoms with Crippen LogP contribution in [0.25, 0.3) is 0 Å². The predicted molar refractivity (Wildman–Crippen MR) is 43.1 cm³/mol. The number of likely N-dealkylation sites (tertiary alicyclic amines) is 1. The number of hydrogen-bond donors (Lipinski definition) is 1. The Kier molecular flexibility index (Phi) is 1.67. The normalized spacial score (nSPS) is 45.8. The average molecular weight is 156 g/mol. The van der Waals surface area contributed by atoms with Gasteiger partial charge in [0.2, 0.25) is 0 Å². The Labute approximate surface area is 67.7 Å². The van der Waals surface area contributed by atoms with Crippen molar-refractivity contribution in [3.8, 4) is 0 Å². The number of nitrogens with one attached hydrogen (secondary N) is 1. The van der Waals surface area contributed by atoms with Crippen LogP contribution >= 0.6 is 0 Å². The van der Waals surface area contributed by atoms with Crippen molar-refractivity contribution in [2.75, 3.05) is 20.1 Å². The van der Waals surface area contributed by atoms with Crippen molar-refractivity contribution < 1.29 is 4.84 Å². The summed E-state index contributed by atoms with van der Waals surface area (Å²) in [6.07, 6.45) is 2.35. The van der Waals surface area contributed by atoms with Gasteiger partial charge in [-0.3, -0.25) is 4.84 Å². The molecule has 0 aromatic heterocycles. The average Bonchev–Trinajstić information content (AvgIpc) is 2.46. The van der Waals surface area contributed by atoms with Crippen molar-refractivity contribution in [3.63, 3.8) is 0 Å². The first-order valence-corrected chi connectivity index (χ1v) is 4.33. The zero-order valence-corrected chi connectivity index (χ0v) is 7.26. The minimum atomic E-state index is 0.147. The summed E-state index contributed by atoms with van der Waals surface area (Å²) in [5.74, 6) is 0. The standard InChI is InChI=1S/C8H16N2O/c1-7-5-8(6-10(7)2)3-4-9-11-8/h7,9H,3-6H2,1-2H3. The lowest BCUT2D eigenvalue weighted by Gasteiger charge is -2.19. The first kappa shape index (κ1) is 7.53. The van der Waals surface area contributed by atoms with Gasteiger partial charge in [0, 0.05) is 19.1 Å².